The van der Waals surface area contributed by atoms with Crippen LogP contribution < -0.4 is 10.1 Å². The van der Waals surface area contributed by atoms with E-state index in [9.17, 15) is 19.2 Å². The van der Waals surface area contributed by atoms with Crippen LogP contribution in [0.1, 0.15) is 38.5 Å². The second-order valence-electron chi connectivity index (χ2n) is 7.85. The highest BCUT2D eigenvalue weighted by atomic mass is 16.5. The molecule has 8 heteroatoms. The summed E-state index contributed by atoms with van der Waals surface area (Å²) in [5.74, 6) is -0.311. The molecule has 0 aliphatic carbocycles. The summed E-state index contributed by atoms with van der Waals surface area (Å²) in [7, 11) is 1.53. The number of fused-ring (bicyclic) bond motifs is 2. The monoisotopic (exact) mass is 418 g/mol. The first-order valence-electron chi connectivity index (χ1n) is 9.73. The van der Waals surface area contributed by atoms with Crippen molar-refractivity contribution in [3.63, 3.8) is 0 Å². The van der Waals surface area contributed by atoms with Gasteiger partial charge in [-0.1, -0.05) is 6.07 Å². The van der Waals surface area contributed by atoms with Gasteiger partial charge in [0.25, 0.3) is 5.91 Å². The Morgan fingerprint density at radius 1 is 1.16 bits per heavy atom. The molecule has 5 rings (SSSR count). The van der Waals surface area contributed by atoms with Crippen LogP contribution in [0.4, 0.5) is 0 Å². The summed E-state index contributed by atoms with van der Waals surface area (Å²) in [5.41, 5.74) is 0.956. The van der Waals surface area contributed by atoms with E-state index < -0.39 is 17.2 Å². The van der Waals surface area contributed by atoms with Gasteiger partial charge in [0.05, 0.1) is 13.5 Å². The molecule has 2 aromatic carbocycles. The lowest BCUT2D eigenvalue weighted by atomic mass is 9.82. The summed E-state index contributed by atoms with van der Waals surface area (Å²) in [6, 6.07) is 11.9. The lowest BCUT2D eigenvalue weighted by Crippen LogP contribution is -2.46. The molecule has 156 valence electrons. The molecule has 2 aliphatic heterocycles. The maximum Gasteiger partial charge on any atom is 0.254 e. The van der Waals surface area contributed by atoms with Crippen molar-refractivity contribution in [2.75, 3.05) is 13.7 Å². The smallest absolute Gasteiger partial charge is 0.254 e. The number of rotatable bonds is 5. The summed E-state index contributed by atoms with van der Waals surface area (Å²) in [5, 5.41) is 2.99. The van der Waals surface area contributed by atoms with Gasteiger partial charge in [0.2, 0.25) is 11.8 Å². The number of imide groups is 1. The summed E-state index contributed by atoms with van der Waals surface area (Å²) in [4.78, 5) is 50.8. The van der Waals surface area contributed by atoms with Crippen LogP contribution in [0, 0.1) is 0 Å². The van der Waals surface area contributed by atoms with Gasteiger partial charge in [0, 0.05) is 29.6 Å². The number of hydrogen-bond donors (Lipinski definition) is 1. The number of carbonyl (C=O) groups is 4. The van der Waals surface area contributed by atoms with E-state index in [2.05, 4.69) is 5.32 Å². The predicted octanol–water partition coefficient (Wildman–Crippen LogP) is 2.19. The average Bonchev–Trinajstić information content (AvgIpc) is 3.41. The van der Waals surface area contributed by atoms with E-state index in [1.165, 1.54) is 7.11 Å². The van der Waals surface area contributed by atoms with Crippen LogP contribution in [0.5, 0.6) is 5.75 Å². The van der Waals surface area contributed by atoms with Crippen LogP contribution in [0.15, 0.2) is 46.9 Å². The molecule has 1 aromatic heterocycles. The van der Waals surface area contributed by atoms with Gasteiger partial charge >= 0.3 is 0 Å². The highest BCUT2D eigenvalue weighted by molar-refractivity contribution is 6.10. The van der Waals surface area contributed by atoms with Gasteiger partial charge in [-0.3, -0.25) is 24.5 Å². The Morgan fingerprint density at radius 3 is 2.71 bits per heavy atom. The SMILES string of the molecule is COc1ccc2c(c1)C(=O)N(C[C@@]1(c3cc4cc(C=O)ccc4o3)CC(=O)NC1=O)C2. The van der Waals surface area contributed by atoms with E-state index in [0.717, 1.165) is 11.8 Å². The summed E-state index contributed by atoms with van der Waals surface area (Å²) in [6.07, 6.45) is 0.595. The van der Waals surface area contributed by atoms with E-state index in [4.69, 9.17) is 9.15 Å². The second kappa shape index (κ2) is 6.80. The van der Waals surface area contributed by atoms with E-state index >= 15 is 0 Å². The first-order valence-corrected chi connectivity index (χ1v) is 9.73. The molecule has 1 atom stereocenters. The fraction of sp³-hybridized carbons (Fsp3) is 0.217. The number of hydrogen-bond acceptors (Lipinski definition) is 6. The highest BCUT2D eigenvalue weighted by Gasteiger charge is 2.53. The summed E-state index contributed by atoms with van der Waals surface area (Å²) >= 11 is 0. The molecule has 3 heterocycles. The molecular formula is C23H18N2O6. The minimum absolute atomic E-state index is 0.0131. The van der Waals surface area contributed by atoms with E-state index in [0.29, 0.717) is 34.4 Å². The number of nitrogens with one attached hydrogen (secondary N) is 1. The Balaban J connectivity index is 1.55. The standard InChI is InChI=1S/C23H18N2O6/c1-30-16-4-3-14-10-25(21(28)17(14)8-16)12-23(9-20(27)24-22(23)29)19-7-15-6-13(11-26)2-5-18(15)31-19/h2-8,11H,9-10,12H2,1H3,(H,24,27,29)/t23-/m1/s1. The summed E-state index contributed by atoms with van der Waals surface area (Å²) < 4.78 is 11.2. The zero-order valence-corrected chi connectivity index (χ0v) is 16.6. The maximum atomic E-state index is 13.1. The second-order valence-corrected chi connectivity index (χ2v) is 7.85. The number of amides is 3. The molecule has 8 nitrogen and oxygen atoms in total. The number of benzene rings is 2. The first-order chi connectivity index (χ1) is 14.9. The van der Waals surface area contributed by atoms with Crippen molar-refractivity contribution in [3.8, 4) is 5.75 Å². The zero-order valence-electron chi connectivity index (χ0n) is 16.6. The molecule has 3 aromatic rings. The van der Waals surface area contributed by atoms with Crippen molar-refractivity contribution >= 4 is 35.0 Å². The van der Waals surface area contributed by atoms with Crippen molar-refractivity contribution in [1.29, 1.82) is 0 Å². The largest absolute Gasteiger partial charge is 0.497 e. The van der Waals surface area contributed by atoms with Crippen LogP contribution in [0.3, 0.4) is 0 Å². The van der Waals surface area contributed by atoms with E-state index in [1.807, 2.05) is 6.07 Å². The normalized spacial score (nSPS) is 20.3. The highest BCUT2D eigenvalue weighted by Crippen LogP contribution is 2.39. The average molecular weight is 418 g/mol. The van der Waals surface area contributed by atoms with Crippen LogP contribution >= 0.6 is 0 Å². The van der Waals surface area contributed by atoms with Crippen LogP contribution in [0.25, 0.3) is 11.0 Å². The first kappa shape index (κ1) is 19.0. The Bertz CT molecular complexity index is 1280. The third-order valence-corrected chi connectivity index (χ3v) is 5.95. The lowest BCUT2D eigenvalue weighted by Gasteiger charge is -2.28. The molecule has 1 saturated heterocycles. The summed E-state index contributed by atoms with van der Waals surface area (Å²) in [6.45, 7) is 0.303. The van der Waals surface area contributed by atoms with Gasteiger partial charge in [-0.05, 0) is 42.0 Å². The molecule has 2 aliphatic rings. The fourth-order valence-corrected chi connectivity index (χ4v) is 4.34. The van der Waals surface area contributed by atoms with Gasteiger partial charge in [0.1, 0.15) is 28.8 Å². The molecule has 0 radical (unpaired) electrons. The zero-order chi connectivity index (χ0) is 21.8. The van der Waals surface area contributed by atoms with Crippen molar-refractivity contribution in [2.24, 2.45) is 0 Å². The van der Waals surface area contributed by atoms with Gasteiger partial charge in [-0.15, -0.1) is 0 Å². The Kier molecular flexibility index (Phi) is 4.18. The van der Waals surface area contributed by atoms with Crippen LogP contribution in [-0.2, 0) is 21.5 Å². The molecule has 0 spiro atoms. The van der Waals surface area contributed by atoms with E-state index in [-0.39, 0.29) is 24.6 Å². The molecule has 0 saturated carbocycles. The quantitative estimate of drug-likeness (QED) is 0.503. The lowest BCUT2D eigenvalue weighted by molar-refractivity contribution is -0.127. The molecule has 1 fully saturated rings. The number of nitrogens with zero attached hydrogens (tertiary/aromatic N) is 1. The maximum absolute atomic E-state index is 13.1. The molecule has 0 unspecified atom stereocenters. The van der Waals surface area contributed by atoms with E-state index in [1.54, 1.807) is 41.3 Å². The topological polar surface area (TPSA) is 106 Å². The number of methoxy groups -OCH3 is 1. The number of carbonyl (C=O) groups excluding carboxylic acids is 4. The fourth-order valence-electron chi connectivity index (χ4n) is 4.34. The van der Waals surface area contributed by atoms with Crippen LogP contribution in [-0.4, -0.2) is 42.6 Å². The third kappa shape index (κ3) is 2.91. The number of aldehydes is 1. The third-order valence-electron chi connectivity index (χ3n) is 5.95. The van der Waals surface area contributed by atoms with Crippen molar-refractivity contribution in [3.05, 3.63) is 64.9 Å². The van der Waals surface area contributed by atoms with Crippen molar-refractivity contribution < 1.29 is 28.3 Å². The Hall–Kier alpha value is -3.94. The Labute approximate surface area is 176 Å². The van der Waals surface area contributed by atoms with Gasteiger partial charge in [-0.25, -0.2) is 0 Å². The molecule has 3 amide bonds. The molecule has 1 N–H and O–H groups in total. The van der Waals surface area contributed by atoms with Gasteiger partial charge in [-0.2, -0.15) is 0 Å². The van der Waals surface area contributed by atoms with Crippen molar-refractivity contribution in [2.45, 2.75) is 18.4 Å². The Morgan fingerprint density at radius 2 is 2.00 bits per heavy atom. The van der Waals surface area contributed by atoms with Crippen LogP contribution in [0.2, 0.25) is 0 Å². The van der Waals surface area contributed by atoms with Gasteiger partial charge < -0.3 is 14.1 Å². The molecule has 0 bridgehead atoms. The van der Waals surface area contributed by atoms with Gasteiger partial charge in [0.15, 0.2) is 0 Å². The minimum atomic E-state index is -1.35. The number of furan rings is 1. The minimum Gasteiger partial charge on any atom is -0.497 e. The number of ether oxygens (including phenoxy) is 1. The van der Waals surface area contributed by atoms with Crippen molar-refractivity contribution in [1.82, 2.24) is 10.2 Å². The molecular weight excluding hydrogens is 400 g/mol. The predicted molar refractivity (Wildman–Crippen MR) is 109 cm³/mol. The molecule has 31 heavy (non-hydrogen) atoms.